The van der Waals surface area contributed by atoms with Crippen LogP contribution in [-0.2, 0) is 16.0 Å². The fourth-order valence-electron chi connectivity index (χ4n) is 1.82. The number of nitrogens with zero attached hydrogens (tertiary/aromatic N) is 2. The van der Waals surface area contributed by atoms with E-state index in [-0.39, 0.29) is 5.97 Å². The number of carbonyl (C=O) groups excluding carboxylic acids is 1. The van der Waals surface area contributed by atoms with Crippen LogP contribution in [0.25, 0.3) is 0 Å². The van der Waals surface area contributed by atoms with E-state index in [1.165, 1.54) is 0 Å². The van der Waals surface area contributed by atoms with Crippen LogP contribution in [0.2, 0.25) is 0 Å². The van der Waals surface area contributed by atoms with Gasteiger partial charge in [0.05, 0.1) is 17.3 Å². The molecule has 2 N–H and O–H groups in total. The second kappa shape index (κ2) is 11.0. The van der Waals surface area contributed by atoms with Crippen molar-refractivity contribution in [2.75, 3.05) is 26.2 Å². The molecule has 1 rings (SSSR count). The lowest BCUT2D eigenvalue weighted by atomic mass is 10.3. The number of rotatable bonds is 9. The summed E-state index contributed by atoms with van der Waals surface area (Å²) in [6.45, 7) is 8.47. The van der Waals surface area contributed by atoms with Gasteiger partial charge in [-0.15, -0.1) is 11.3 Å². The third kappa shape index (κ3) is 7.97. The molecule has 0 atom stereocenters. The molecule has 0 amide bonds. The monoisotopic (exact) mass is 326 g/mol. The molecule has 1 aromatic rings. The first-order valence-corrected chi connectivity index (χ1v) is 8.62. The lowest BCUT2D eigenvalue weighted by Crippen LogP contribution is -2.38. The smallest absolute Gasteiger partial charge is 0.305 e. The van der Waals surface area contributed by atoms with Gasteiger partial charge in [-0.1, -0.05) is 0 Å². The fraction of sp³-hybridized carbons (Fsp3) is 0.667. The highest BCUT2D eigenvalue weighted by Gasteiger charge is 2.02. The lowest BCUT2D eigenvalue weighted by Gasteiger charge is -2.10. The molecule has 0 spiro atoms. The van der Waals surface area contributed by atoms with Crippen LogP contribution < -0.4 is 10.6 Å². The summed E-state index contributed by atoms with van der Waals surface area (Å²) >= 11 is 1.67. The first kappa shape index (κ1) is 18.4. The Morgan fingerprint density at radius 3 is 2.86 bits per heavy atom. The number of hydrogen-bond donors (Lipinski definition) is 2. The van der Waals surface area contributed by atoms with Crippen LogP contribution in [-0.4, -0.2) is 43.2 Å². The van der Waals surface area contributed by atoms with E-state index in [0.717, 1.165) is 36.2 Å². The van der Waals surface area contributed by atoms with Crippen molar-refractivity contribution in [3.05, 3.63) is 16.1 Å². The van der Waals surface area contributed by atoms with Crippen LogP contribution in [0.15, 0.2) is 10.4 Å². The zero-order chi connectivity index (χ0) is 16.2. The second-order valence-corrected chi connectivity index (χ2v) is 5.77. The van der Waals surface area contributed by atoms with Crippen molar-refractivity contribution in [2.24, 2.45) is 4.99 Å². The molecule has 6 nitrogen and oxygen atoms in total. The highest BCUT2D eigenvalue weighted by Crippen LogP contribution is 2.07. The number of carbonyl (C=O) groups is 1. The maximum absolute atomic E-state index is 11.2. The molecule has 0 fully saturated rings. The van der Waals surface area contributed by atoms with E-state index in [1.807, 2.05) is 20.8 Å². The second-order valence-electron chi connectivity index (χ2n) is 4.70. The van der Waals surface area contributed by atoms with Crippen molar-refractivity contribution < 1.29 is 9.53 Å². The van der Waals surface area contributed by atoms with E-state index in [9.17, 15) is 4.79 Å². The number of hydrogen-bond acceptors (Lipinski definition) is 5. The zero-order valence-corrected chi connectivity index (χ0v) is 14.5. The number of aryl methyl sites for hydroxylation is 1. The van der Waals surface area contributed by atoms with Gasteiger partial charge in [0.2, 0.25) is 0 Å². The average Bonchev–Trinajstić information content (AvgIpc) is 2.89. The maximum Gasteiger partial charge on any atom is 0.305 e. The molecule has 0 unspecified atom stereocenters. The van der Waals surface area contributed by atoms with Crippen molar-refractivity contribution in [1.82, 2.24) is 15.6 Å². The van der Waals surface area contributed by atoms with Crippen molar-refractivity contribution >= 4 is 23.3 Å². The maximum atomic E-state index is 11.2. The summed E-state index contributed by atoms with van der Waals surface area (Å²) in [6, 6.07) is 0. The fourth-order valence-corrected chi connectivity index (χ4v) is 2.47. The molecule has 0 aliphatic carbocycles. The molecular formula is C15H26N4O2S. The largest absolute Gasteiger partial charge is 0.466 e. The van der Waals surface area contributed by atoms with Crippen LogP contribution in [0.1, 0.15) is 37.4 Å². The number of guanidine groups is 1. The predicted molar refractivity (Wildman–Crippen MR) is 90.4 cm³/mol. The van der Waals surface area contributed by atoms with Gasteiger partial charge >= 0.3 is 5.97 Å². The third-order valence-corrected chi connectivity index (χ3v) is 3.62. The number of ether oxygens (including phenoxy) is 1. The molecule has 0 bridgehead atoms. The molecule has 0 aliphatic heterocycles. The van der Waals surface area contributed by atoms with Crippen LogP contribution in [0.3, 0.4) is 0 Å². The molecular weight excluding hydrogens is 300 g/mol. The number of esters is 1. The highest BCUT2D eigenvalue weighted by atomic mass is 32.1. The minimum Gasteiger partial charge on any atom is -0.466 e. The van der Waals surface area contributed by atoms with Gasteiger partial charge < -0.3 is 15.4 Å². The van der Waals surface area contributed by atoms with Crippen LogP contribution in [0.4, 0.5) is 0 Å². The van der Waals surface area contributed by atoms with E-state index in [0.29, 0.717) is 26.0 Å². The Morgan fingerprint density at radius 2 is 2.23 bits per heavy atom. The van der Waals surface area contributed by atoms with Crippen molar-refractivity contribution in [1.29, 1.82) is 0 Å². The van der Waals surface area contributed by atoms with Crippen molar-refractivity contribution in [2.45, 2.75) is 40.0 Å². The standard InChI is InChI=1S/C15H26N4O2S/c1-4-16-15(17-9-6-7-14(20)21-5-2)18-10-8-13-11-22-12(3)19-13/h11H,4-10H2,1-3H3,(H2,16,17,18). The summed E-state index contributed by atoms with van der Waals surface area (Å²) in [5.74, 6) is 0.618. The van der Waals surface area contributed by atoms with Gasteiger partial charge in [0.1, 0.15) is 0 Å². The topological polar surface area (TPSA) is 75.6 Å². The molecule has 7 heteroatoms. The zero-order valence-electron chi connectivity index (χ0n) is 13.6. The van der Waals surface area contributed by atoms with Gasteiger partial charge in [0.15, 0.2) is 5.96 Å². The van der Waals surface area contributed by atoms with Gasteiger partial charge in [0.25, 0.3) is 0 Å². The number of aromatic nitrogens is 1. The molecule has 0 aliphatic rings. The van der Waals surface area contributed by atoms with Gasteiger partial charge in [-0.2, -0.15) is 0 Å². The van der Waals surface area contributed by atoms with Gasteiger partial charge in [-0.3, -0.25) is 9.79 Å². The summed E-state index contributed by atoms with van der Waals surface area (Å²) in [5, 5.41) is 9.65. The van der Waals surface area contributed by atoms with Crippen molar-refractivity contribution in [3.63, 3.8) is 0 Å². The van der Waals surface area contributed by atoms with Gasteiger partial charge in [-0.25, -0.2) is 4.98 Å². The van der Waals surface area contributed by atoms with E-state index >= 15 is 0 Å². The molecule has 1 heterocycles. The van der Waals surface area contributed by atoms with E-state index in [2.05, 4.69) is 26.0 Å². The number of aliphatic imine (C=N–C) groups is 1. The Bertz CT molecular complexity index is 474. The quantitative estimate of drug-likeness (QED) is 0.314. The van der Waals surface area contributed by atoms with E-state index in [4.69, 9.17) is 4.74 Å². The lowest BCUT2D eigenvalue weighted by molar-refractivity contribution is -0.143. The summed E-state index contributed by atoms with van der Waals surface area (Å²) in [6.07, 6.45) is 1.98. The van der Waals surface area contributed by atoms with Crippen LogP contribution in [0.5, 0.6) is 0 Å². The Labute approximate surface area is 136 Å². The summed E-state index contributed by atoms with van der Waals surface area (Å²) in [4.78, 5) is 20.1. The molecule has 1 aromatic heterocycles. The molecule has 22 heavy (non-hydrogen) atoms. The van der Waals surface area contributed by atoms with Crippen molar-refractivity contribution in [3.8, 4) is 0 Å². The normalized spacial score (nSPS) is 11.3. The molecule has 124 valence electrons. The van der Waals surface area contributed by atoms with Crippen LogP contribution >= 0.6 is 11.3 Å². The number of thiazole rings is 1. The Hall–Kier alpha value is -1.63. The Balaban J connectivity index is 2.27. The minimum atomic E-state index is -0.158. The van der Waals surface area contributed by atoms with Gasteiger partial charge in [0, 0.05) is 37.9 Å². The summed E-state index contributed by atoms with van der Waals surface area (Å²) in [7, 11) is 0. The molecule has 0 saturated heterocycles. The first-order valence-electron chi connectivity index (χ1n) is 7.74. The summed E-state index contributed by atoms with van der Waals surface area (Å²) in [5.41, 5.74) is 1.10. The van der Waals surface area contributed by atoms with E-state index < -0.39 is 0 Å². The third-order valence-electron chi connectivity index (χ3n) is 2.80. The Morgan fingerprint density at radius 1 is 1.41 bits per heavy atom. The first-order chi connectivity index (χ1) is 10.7. The molecule has 0 radical (unpaired) electrons. The summed E-state index contributed by atoms with van der Waals surface area (Å²) < 4.78 is 4.89. The molecule has 0 saturated carbocycles. The number of nitrogens with one attached hydrogen (secondary N) is 2. The Kier molecular flexibility index (Phi) is 9.21. The minimum absolute atomic E-state index is 0.158. The predicted octanol–water partition coefficient (Wildman–Crippen LogP) is 1.89. The average molecular weight is 326 g/mol. The van der Waals surface area contributed by atoms with Crippen LogP contribution in [0, 0.1) is 6.92 Å². The molecule has 0 aromatic carbocycles. The highest BCUT2D eigenvalue weighted by molar-refractivity contribution is 7.09. The SMILES string of the molecule is CCNC(=NCCCC(=O)OCC)NCCc1csc(C)n1. The van der Waals surface area contributed by atoms with Gasteiger partial charge in [-0.05, 0) is 27.2 Å². The van der Waals surface area contributed by atoms with E-state index in [1.54, 1.807) is 11.3 Å².